The van der Waals surface area contributed by atoms with Crippen molar-refractivity contribution in [3.05, 3.63) is 30.0 Å². The Morgan fingerprint density at radius 1 is 1.32 bits per heavy atom. The van der Waals surface area contributed by atoms with Crippen molar-refractivity contribution in [1.82, 2.24) is 14.8 Å². The Morgan fingerprint density at radius 3 is 2.68 bits per heavy atom. The molecule has 114 valence electrons. The molecule has 5 nitrogen and oxygen atoms in total. The predicted octanol–water partition coefficient (Wildman–Crippen LogP) is 2.80. The van der Waals surface area contributed by atoms with Gasteiger partial charge in [0.15, 0.2) is 10.9 Å². The smallest absolute Gasteiger partial charge is 0.376 e. The Balaban J connectivity index is 2.38. The van der Waals surface area contributed by atoms with E-state index in [1.54, 1.807) is 13.1 Å². The number of benzene rings is 1. The van der Waals surface area contributed by atoms with Crippen LogP contribution in [0, 0.1) is 0 Å². The van der Waals surface area contributed by atoms with E-state index in [0.29, 0.717) is 22.1 Å². The van der Waals surface area contributed by atoms with Gasteiger partial charge in [-0.05, 0) is 18.3 Å². The van der Waals surface area contributed by atoms with Crippen LogP contribution in [0.3, 0.4) is 0 Å². The van der Waals surface area contributed by atoms with E-state index in [1.807, 2.05) is 0 Å². The molecule has 0 spiro atoms. The summed E-state index contributed by atoms with van der Waals surface area (Å²) in [5.74, 6) is 0.358. The fourth-order valence-electron chi connectivity index (χ4n) is 2.42. The molecule has 2 heterocycles. The van der Waals surface area contributed by atoms with Crippen LogP contribution in [-0.2, 0) is 13.2 Å². The molecule has 0 aliphatic carbocycles. The van der Waals surface area contributed by atoms with Crippen LogP contribution in [0.25, 0.3) is 21.8 Å². The number of nitrogens with zero attached hydrogens (tertiary/aromatic N) is 3. The standard InChI is InChI=1S/C13H10F3N5S/c1-21-10-6-3-2-4-8(13(14,15)16)9(6)18-5-7(10)11(20-21)19-12(17)22/h2-5H,1H3,(H3,17,19,20,22). The molecular formula is C13H10F3N5S. The molecule has 0 fully saturated rings. The van der Waals surface area contributed by atoms with Gasteiger partial charge in [0.2, 0.25) is 0 Å². The van der Waals surface area contributed by atoms with Crippen LogP contribution in [0.1, 0.15) is 5.56 Å². The maximum Gasteiger partial charge on any atom is 0.418 e. The summed E-state index contributed by atoms with van der Waals surface area (Å²) in [4.78, 5) is 3.96. The Labute approximate surface area is 127 Å². The van der Waals surface area contributed by atoms with E-state index in [0.717, 1.165) is 6.07 Å². The van der Waals surface area contributed by atoms with E-state index in [2.05, 4.69) is 15.4 Å². The van der Waals surface area contributed by atoms with Gasteiger partial charge in [-0.2, -0.15) is 18.3 Å². The van der Waals surface area contributed by atoms with Gasteiger partial charge < -0.3 is 11.1 Å². The summed E-state index contributed by atoms with van der Waals surface area (Å²) in [6.45, 7) is 0. The topological polar surface area (TPSA) is 68.8 Å². The number of nitrogens with two attached hydrogens (primary N) is 1. The zero-order chi connectivity index (χ0) is 16.1. The molecular weight excluding hydrogens is 315 g/mol. The van der Waals surface area contributed by atoms with Gasteiger partial charge in [-0.15, -0.1) is 0 Å². The number of aryl methyl sites for hydroxylation is 1. The monoisotopic (exact) mass is 325 g/mol. The third-order valence-electron chi connectivity index (χ3n) is 3.24. The molecule has 0 radical (unpaired) electrons. The molecule has 0 aliphatic rings. The molecule has 0 amide bonds. The van der Waals surface area contributed by atoms with E-state index in [9.17, 15) is 13.2 Å². The van der Waals surface area contributed by atoms with Crippen molar-refractivity contribution in [3.8, 4) is 0 Å². The second kappa shape index (κ2) is 4.80. The molecule has 9 heteroatoms. The Kier molecular flexibility index (Phi) is 3.17. The fourth-order valence-corrected chi connectivity index (χ4v) is 2.52. The highest BCUT2D eigenvalue weighted by atomic mass is 32.1. The second-order valence-corrected chi connectivity index (χ2v) is 5.12. The minimum Gasteiger partial charge on any atom is -0.376 e. The van der Waals surface area contributed by atoms with E-state index >= 15 is 0 Å². The molecule has 3 N–H and O–H groups in total. The fraction of sp³-hybridized carbons (Fsp3) is 0.154. The van der Waals surface area contributed by atoms with Gasteiger partial charge in [0.1, 0.15) is 0 Å². The predicted molar refractivity (Wildman–Crippen MR) is 81.4 cm³/mol. The zero-order valence-corrected chi connectivity index (χ0v) is 12.1. The highest BCUT2D eigenvalue weighted by Crippen LogP contribution is 2.36. The van der Waals surface area contributed by atoms with Gasteiger partial charge >= 0.3 is 6.18 Å². The normalized spacial score (nSPS) is 12.0. The van der Waals surface area contributed by atoms with Gasteiger partial charge in [-0.3, -0.25) is 9.67 Å². The number of thiocarbonyl (C=S) groups is 1. The number of fused-ring (bicyclic) bond motifs is 3. The van der Waals surface area contributed by atoms with E-state index < -0.39 is 11.7 Å². The lowest BCUT2D eigenvalue weighted by molar-refractivity contribution is -0.136. The van der Waals surface area contributed by atoms with Crippen molar-refractivity contribution in [2.24, 2.45) is 12.8 Å². The first-order chi connectivity index (χ1) is 10.3. The number of aromatic nitrogens is 3. The largest absolute Gasteiger partial charge is 0.418 e. The lowest BCUT2D eigenvalue weighted by Gasteiger charge is -2.10. The maximum absolute atomic E-state index is 13.1. The second-order valence-electron chi connectivity index (χ2n) is 4.68. The number of halogens is 3. The van der Waals surface area contributed by atoms with Crippen molar-refractivity contribution in [3.63, 3.8) is 0 Å². The molecule has 1 aromatic carbocycles. The average Bonchev–Trinajstić information content (AvgIpc) is 2.73. The van der Waals surface area contributed by atoms with Crippen molar-refractivity contribution in [1.29, 1.82) is 0 Å². The van der Waals surface area contributed by atoms with Gasteiger partial charge in [0, 0.05) is 18.6 Å². The number of hydrogen-bond donors (Lipinski definition) is 2. The Hall–Kier alpha value is -2.42. The minimum absolute atomic E-state index is 0.0177. The first kappa shape index (κ1) is 14.5. The van der Waals surface area contributed by atoms with Crippen LogP contribution in [0.15, 0.2) is 24.4 Å². The number of hydrogen-bond acceptors (Lipinski definition) is 3. The number of alkyl halides is 3. The summed E-state index contributed by atoms with van der Waals surface area (Å²) in [5.41, 5.74) is 5.04. The van der Waals surface area contributed by atoms with Crippen LogP contribution in [-0.4, -0.2) is 19.9 Å². The van der Waals surface area contributed by atoms with Crippen LogP contribution < -0.4 is 11.1 Å². The summed E-state index contributed by atoms with van der Waals surface area (Å²) in [7, 11) is 1.63. The summed E-state index contributed by atoms with van der Waals surface area (Å²) in [6, 6.07) is 3.93. The SMILES string of the molecule is Cn1nc(NC(N)=S)c2cnc3c(C(F)(F)F)cccc3c21. The first-order valence-corrected chi connectivity index (χ1v) is 6.58. The summed E-state index contributed by atoms with van der Waals surface area (Å²) in [6.07, 6.45) is -3.14. The van der Waals surface area contributed by atoms with E-state index in [1.165, 1.54) is 16.9 Å². The molecule has 0 atom stereocenters. The molecule has 2 aromatic heterocycles. The molecule has 0 aliphatic heterocycles. The summed E-state index contributed by atoms with van der Waals surface area (Å²) in [5, 5.41) is 7.80. The van der Waals surface area contributed by atoms with Gasteiger partial charge in [-0.1, -0.05) is 12.1 Å². The maximum atomic E-state index is 13.1. The zero-order valence-electron chi connectivity index (χ0n) is 11.3. The molecule has 0 saturated carbocycles. The molecule has 3 rings (SSSR count). The number of pyridine rings is 1. The summed E-state index contributed by atoms with van der Waals surface area (Å²) >= 11 is 4.76. The van der Waals surface area contributed by atoms with Crippen molar-refractivity contribution in [2.45, 2.75) is 6.18 Å². The third kappa shape index (κ3) is 2.23. The molecule has 0 bridgehead atoms. The summed E-state index contributed by atoms with van der Waals surface area (Å²) < 4.78 is 40.7. The number of nitrogens with one attached hydrogen (secondary N) is 1. The number of anilines is 1. The first-order valence-electron chi connectivity index (χ1n) is 6.17. The number of rotatable bonds is 1. The lowest BCUT2D eigenvalue weighted by atomic mass is 10.1. The van der Waals surface area contributed by atoms with Gasteiger partial charge in [0.25, 0.3) is 0 Å². The van der Waals surface area contributed by atoms with Gasteiger partial charge in [-0.25, -0.2) is 0 Å². The molecule has 22 heavy (non-hydrogen) atoms. The average molecular weight is 325 g/mol. The Morgan fingerprint density at radius 2 is 2.05 bits per heavy atom. The number of para-hydroxylation sites is 1. The lowest BCUT2D eigenvalue weighted by Crippen LogP contribution is -2.19. The van der Waals surface area contributed by atoms with Crippen LogP contribution in [0.2, 0.25) is 0 Å². The van der Waals surface area contributed by atoms with Crippen molar-refractivity contribution < 1.29 is 13.2 Å². The molecule has 0 unspecified atom stereocenters. The van der Waals surface area contributed by atoms with Crippen LogP contribution in [0.4, 0.5) is 19.0 Å². The minimum atomic E-state index is -4.47. The molecule has 0 saturated heterocycles. The van der Waals surface area contributed by atoms with Gasteiger partial charge in [0.05, 0.1) is 22.0 Å². The quantitative estimate of drug-likeness (QED) is 0.673. The van der Waals surface area contributed by atoms with Crippen LogP contribution in [0.5, 0.6) is 0 Å². The van der Waals surface area contributed by atoms with E-state index in [4.69, 9.17) is 18.0 Å². The Bertz CT molecular complexity index is 900. The highest BCUT2D eigenvalue weighted by molar-refractivity contribution is 7.80. The van der Waals surface area contributed by atoms with Crippen LogP contribution >= 0.6 is 12.2 Å². The molecule has 3 aromatic rings. The third-order valence-corrected chi connectivity index (χ3v) is 3.35. The van der Waals surface area contributed by atoms with Crippen molar-refractivity contribution >= 4 is 45.0 Å². The highest BCUT2D eigenvalue weighted by Gasteiger charge is 2.33. The van der Waals surface area contributed by atoms with E-state index in [-0.39, 0.29) is 10.6 Å². The van der Waals surface area contributed by atoms with Crippen molar-refractivity contribution in [2.75, 3.05) is 5.32 Å².